The van der Waals surface area contributed by atoms with Gasteiger partial charge in [-0.25, -0.2) is 0 Å². The Morgan fingerprint density at radius 1 is 0.261 bits per heavy atom. The van der Waals surface area contributed by atoms with Crippen LogP contribution in [0.3, 0.4) is 0 Å². The van der Waals surface area contributed by atoms with Crippen molar-refractivity contribution in [1.82, 2.24) is 0 Å². The summed E-state index contributed by atoms with van der Waals surface area (Å²) in [6.07, 6.45) is 0. The topological polar surface area (TPSA) is 0 Å². The van der Waals surface area contributed by atoms with E-state index >= 15 is 0 Å². The zero-order valence-electron chi connectivity index (χ0n) is 33.1. The van der Waals surface area contributed by atoms with Gasteiger partial charge < -0.3 is 0 Å². The van der Waals surface area contributed by atoms with Gasteiger partial charge in [-0.05, 0) is 0 Å². The fourth-order valence-electron chi connectivity index (χ4n) is 6.86. The number of hydrogen-bond donors (Lipinski definition) is 0. The Morgan fingerprint density at radius 2 is 0.413 bits per heavy atom. The van der Waals surface area contributed by atoms with Gasteiger partial charge >= 0.3 is 292 Å². The van der Waals surface area contributed by atoms with E-state index in [0.717, 1.165) is 0 Å². The van der Waals surface area contributed by atoms with Crippen LogP contribution in [0.15, 0.2) is 36.4 Å². The van der Waals surface area contributed by atoms with Gasteiger partial charge in [0.25, 0.3) is 0 Å². The molecule has 3 rings (SSSR count). The minimum atomic E-state index is -2.15. The molecule has 0 nitrogen and oxygen atoms in total. The fraction of sp³-hybridized carbons (Fsp3) is 0.600. The maximum absolute atomic E-state index is 2.62. The van der Waals surface area contributed by atoms with Gasteiger partial charge in [-0.1, -0.05) is 0 Å². The van der Waals surface area contributed by atoms with E-state index < -0.39 is 14.7 Å². The molecule has 0 bridgehead atoms. The second kappa shape index (κ2) is 15.6. The normalized spacial score (nSPS) is 12.8. The summed E-state index contributed by atoms with van der Waals surface area (Å²) in [7, 11) is 0. The first-order valence-corrected chi connectivity index (χ1v) is 21.4. The molecule has 0 fully saturated rings. The molecule has 0 saturated carbocycles. The molecule has 0 saturated heterocycles. The average Bonchev–Trinajstić information content (AvgIpc) is 2.95. The molecule has 0 heterocycles. The summed E-state index contributed by atoms with van der Waals surface area (Å²) in [4.78, 5) is 0. The predicted octanol–water partition coefficient (Wildman–Crippen LogP) is 12.3. The van der Waals surface area contributed by atoms with Crippen LogP contribution < -0.4 is 13.1 Å². The Morgan fingerprint density at radius 3 is 0.522 bits per heavy atom. The van der Waals surface area contributed by atoms with Crippen LogP contribution in [-0.2, 0) is 0 Å². The van der Waals surface area contributed by atoms with E-state index in [9.17, 15) is 0 Å². The first kappa shape index (κ1) is 38.7. The van der Waals surface area contributed by atoms with Crippen LogP contribution in [0.4, 0.5) is 0 Å². The van der Waals surface area contributed by atoms with Crippen molar-refractivity contribution in [3.63, 3.8) is 0 Å². The van der Waals surface area contributed by atoms with Gasteiger partial charge in [0.15, 0.2) is 0 Å². The molecule has 0 spiro atoms. The first-order chi connectivity index (χ1) is 21.3. The Hall–Kier alpha value is -1.78. The van der Waals surface area contributed by atoms with E-state index in [1.165, 1.54) is 16.7 Å². The quantitative estimate of drug-likeness (QED) is 0.167. The summed E-state index contributed by atoms with van der Waals surface area (Å²) in [5, 5.41) is 0. The first-order valence-electron chi connectivity index (χ1n) is 18.6. The van der Waals surface area contributed by atoms with E-state index in [-0.39, 0.29) is 0 Å². The molecule has 3 aromatic carbocycles. The van der Waals surface area contributed by atoms with Crippen LogP contribution in [0.2, 0.25) is 0 Å². The Bertz CT molecular complexity index is 1210. The average molecular weight is 685 g/mol. The Labute approximate surface area is 290 Å². The summed E-state index contributed by atoms with van der Waals surface area (Å²) in [6.45, 7) is 43.6. The summed E-state index contributed by atoms with van der Waals surface area (Å²) in [6, 6.07) is 15.7. The molecule has 254 valence electrons. The molecule has 0 N–H and O–H groups in total. The van der Waals surface area contributed by atoms with Gasteiger partial charge in [0.1, 0.15) is 0 Å². The van der Waals surface area contributed by atoms with Crippen LogP contribution in [0.25, 0.3) is 0 Å². The summed E-state index contributed by atoms with van der Waals surface area (Å²) < 4.78 is 5.18. The van der Waals surface area contributed by atoms with Gasteiger partial charge in [-0.3, -0.25) is 0 Å². The molecule has 0 aliphatic carbocycles. The molecule has 1 heteroatoms. The van der Waals surface area contributed by atoms with Crippen LogP contribution in [0, 0.1) is 0 Å². The second-order valence-electron chi connectivity index (χ2n) is 16.9. The molecule has 0 aromatic heterocycles. The van der Waals surface area contributed by atoms with Crippen molar-refractivity contribution in [2.75, 3.05) is 0 Å². The molecule has 3 aromatic rings. The molecule has 0 atom stereocenters. The van der Waals surface area contributed by atoms with Crippen LogP contribution in [0.5, 0.6) is 0 Å². The van der Waals surface area contributed by atoms with Gasteiger partial charge in [-0.15, -0.1) is 0 Å². The number of benzene rings is 3. The third-order valence-electron chi connectivity index (χ3n) is 9.98. The van der Waals surface area contributed by atoms with Gasteiger partial charge in [0.2, 0.25) is 0 Å². The van der Waals surface area contributed by atoms with Gasteiger partial charge in [0, 0.05) is 0 Å². The van der Waals surface area contributed by atoms with Crippen LogP contribution in [-0.4, -0.2) is 14.7 Å². The minimum absolute atomic E-state index is 0.461. The standard InChI is InChI=1S/C45H69As/c1-25(2)34-19-37(28(7)8)43(38(20-34)29(9)10)46(44-39(30(11)12)21-35(26(3)4)22-40(44)31(13)14)45-41(32(15)16)23-36(27(5)6)24-42(45)33(17)18/h19-33H,1-18H3. The molecular weight excluding hydrogens is 615 g/mol. The van der Waals surface area contributed by atoms with Crippen molar-refractivity contribution in [1.29, 1.82) is 0 Å². The van der Waals surface area contributed by atoms with E-state index in [1.807, 2.05) is 0 Å². The van der Waals surface area contributed by atoms with Crippen molar-refractivity contribution in [2.45, 2.75) is 178 Å². The van der Waals surface area contributed by atoms with E-state index in [4.69, 9.17) is 0 Å². The van der Waals surface area contributed by atoms with Crippen LogP contribution in [0.1, 0.15) is 228 Å². The van der Waals surface area contributed by atoms with Gasteiger partial charge in [0.05, 0.1) is 0 Å². The monoisotopic (exact) mass is 684 g/mol. The second-order valence-corrected chi connectivity index (χ2v) is 21.1. The van der Waals surface area contributed by atoms with Crippen molar-refractivity contribution < 1.29 is 0 Å². The maximum atomic E-state index is 2.62. The molecule has 0 aliphatic heterocycles. The SMILES string of the molecule is CC(C)c1cc(C(C)C)c([As](c2c(C(C)C)cc(C(C)C)cc2C(C)C)c2c(C(C)C)cc(C(C)C)cc2C(C)C)c(C(C)C)c1. The molecular formula is C45H69As. The Balaban J connectivity index is 2.84. The number of hydrogen-bond acceptors (Lipinski definition) is 0. The third-order valence-corrected chi connectivity index (χ3v) is 16.0. The summed E-state index contributed by atoms with van der Waals surface area (Å²) in [5.74, 6) is 4.30. The predicted molar refractivity (Wildman–Crippen MR) is 211 cm³/mol. The fourth-order valence-corrected chi connectivity index (χ4v) is 15.6. The van der Waals surface area contributed by atoms with E-state index in [2.05, 4.69) is 161 Å². The molecule has 0 unspecified atom stereocenters. The van der Waals surface area contributed by atoms with E-state index in [1.54, 1.807) is 46.4 Å². The van der Waals surface area contributed by atoms with E-state index in [0.29, 0.717) is 53.3 Å². The van der Waals surface area contributed by atoms with Crippen molar-refractivity contribution in [2.24, 2.45) is 0 Å². The zero-order valence-corrected chi connectivity index (χ0v) is 35.0. The summed E-state index contributed by atoms with van der Waals surface area (Å²) in [5.41, 5.74) is 14.1. The molecule has 0 radical (unpaired) electrons. The Kier molecular flexibility index (Phi) is 13.1. The third kappa shape index (κ3) is 8.08. The number of rotatable bonds is 12. The van der Waals surface area contributed by atoms with Crippen LogP contribution >= 0.6 is 0 Å². The molecule has 0 amide bonds. The van der Waals surface area contributed by atoms with Crippen molar-refractivity contribution >= 4 is 27.7 Å². The molecule has 46 heavy (non-hydrogen) atoms. The van der Waals surface area contributed by atoms with Gasteiger partial charge in [-0.2, -0.15) is 0 Å². The summed E-state index contributed by atoms with van der Waals surface area (Å²) >= 11 is -2.15. The molecule has 0 aliphatic rings. The zero-order chi connectivity index (χ0) is 34.9. The van der Waals surface area contributed by atoms with Crippen molar-refractivity contribution in [3.05, 3.63) is 86.5 Å². The van der Waals surface area contributed by atoms with Crippen molar-refractivity contribution in [3.8, 4) is 0 Å².